The Labute approximate surface area is 106 Å². The van der Waals surface area contributed by atoms with Crippen LogP contribution < -0.4 is 10.6 Å². The van der Waals surface area contributed by atoms with Crippen molar-refractivity contribution in [1.29, 1.82) is 0 Å². The molecule has 0 radical (unpaired) electrons. The molecule has 0 unspecified atom stereocenters. The molecule has 0 amide bonds. The monoisotopic (exact) mass is 244 g/mol. The molecule has 0 heterocycles. The second kappa shape index (κ2) is 11.7. The maximum Gasteiger partial charge on any atom is 0.190 e. The van der Waals surface area contributed by atoms with Crippen molar-refractivity contribution in [1.82, 2.24) is 15.5 Å². The molecular formula is C12H28N4O. The van der Waals surface area contributed by atoms with Gasteiger partial charge in [-0.1, -0.05) is 6.92 Å². The normalized spacial score (nSPS) is 11.9. The van der Waals surface area contributed by atoms with Crippen LogP contribution in [0.2, 0.25) is 0 Å². The molecule has 5 nitrogen and oxygen atoms in total. The topological polar surface area (TPSA) is 48.9 Å². The maximum atomic E-state index is 5.03. The molecule has 0 aliphatic heterocycles. The fourth-order valence-electron chi connectivity index (χ4n) is 1.38. The molecule has 0 saturated carbocycles. The van der Waals surface area contributed by atoms with E-state index >= 15 is 0 Å². The zero-order valence-corrected chi connectivity index (χ0v) is 11.8. The zero-order valence-electron chi connectivity index (χ0n) is 11.8. The van der Waals surface area contributed by atoms with E-state index in [0.29, 0.717) is 0 Å². The molecular weight excluding hydrogens is 216 g/mol. The summed E-state index contributed by atoms with van der Waals surface area (Å²) < 4.78 is 5.03. The molecule has 0 spiro atoms. The van der Waals surface area contributed by atoms with Gasteiger partial charge in [0.05, 0.1) is 6.61 Å². The first kappa shape index (κ1) is 16.2. The third kappa shape index (κ3) is 10.1. The second-order valence-electron chi connectivity index (χ2n) is 4.08. The van der Waals surface area contributed by atoms with Gasteiger partial charge in [-0.2, -0.15) is 0 Å². The molecule has 0 aliphatic rings. The highest BCUT2D eigenvalue weighted by atomic mass is 16.5. The van der Waals surface area contributed by atoms with Gasteiger partial charge < -0.3 is 20.3 Å². The van der Waals surface area contributed by atoms with Crippen LogP contribution in [0.4, 0.5) is 0 Å². The van der Waals surface area contributed by atoms with Crippen molar-refractivity contribution < 1.29 is 4.74 Å². The fourth-order valence-corrected chi connectivity index (χ4v) is 1.38. The lowest BCUT2D eigenvalue weighted by Crippen LogP contribution is -2.39. The minimum Gasteiger partial charge on any atom is -0.383 e. The number of nitrogens with zero attached hydrogens (tertiary/aromatic N) is 2. The predicted molar refractivity (Wildman–Crippen MR) is 73.6 cm³/mol. The van der Waals surface area contributed by atoms with Gasteiger partial charge in [0, 0.05) is 33.8 Å². The molecule has 0 fully saturated rings. The Morgan fingerprint density at radius 3 is 2.53 bits per heavy atom. The summed E-state index contributed by atoms with van der Waals surface area (Å²) >= 11 is 0. The van der Waals surface area contributed by atoms with Crippen molar-refractivity contribution in [3.8, 4) is 0 Å². The third-order valence-corrected chi connectivity index (χ3v) is 2.45. The first-order valence-corrected chi connectivity index (χ1v) is 6.36. The summed E-state index contributed by atoms with van der Waals surface area (Å²) in [7, 11) is 5.65. The fraction of sp³-hybridized carbons (Fsp3) is 0.917. The lowest BCUT2D eigenvalue weighted by atomic mass is 10.4. The maximum absolute atomic E-state index is 5.03. The van der Waals surface area contributed by atoms with Crippen LogP contribution in [-0.4, -0.2) is 64.9 Å². The van der Waals surface area contributed by atoms with E-state index in [2.05, 4.69) is 34.5 Å². The molecule has 0 aromatic heterocycles. The van der Waals surface area contributed by atoms with Crippen LogP contribution >= 0.6 is 0 Å². The van der Waals surface area contributed by atoms with Crippen LogP contribution in [0.3, 0.4) is 0 Å². The summed E-state index contributed by atoms with van der Waals surface area (Å²) in [6, 6.07) is 0. The molecule has 0 aromatic carbocycles. The first-order valence-electron chi connectivity index (χ1n) is 6.36. The highest BCUT2D eigenvalue weighted by Gasteiger charge is 1.98. The van der Waals surface area contributed by atoms with Gasteiger partial charge in [0.15, 0.2) is 5.96 Å². The second-order valence-corrected chi connectivity index (χ2v) is 4.08. The van der Waals surface area contributed by atoms with Crippen LogP contribution in [0.1, 0.15) is 19.8 Å². The van der Waals surface area contributed by atoms with Gasteiger partial charge in [0.25, 0.3) is 0 Å². The molecule has 0 rings (SSSR count). The van der Waals surface area contributed by atoms with E-state index in [0.717, 1.165) is 51.6 Å². The predicted octanol–water partition coefficient (Wildman–Crippen LogP) is 0.530. The minimum absolute atomic E-state index is 0.795. The molecule has 5 heteroatoms. The summed E-state index contributed by atoms with van der Waals surface area (Å²) in [6.45, 7) is 6.91. The number of ether oxygens (including phenoxy) is 1. The Balaban J connectivity index is 3.48. The Kier molecular flexibility index (Phi) is 11.1. The van der Waals surface area contributed by atoms with Crippen molar-refractivity contribution >= 4 is 5.96 Å². The van der Waals surface area contributed by atoms with Crippen molar-refractivity contribution in [2.75, 3.05) is 54.0 Å². The Bertz CT molecular complexity index is 197. The number of rotatable bonds is 9. The van der Waals surface area contributed by atoms with Gasteiger partial charge >= 0.3 is 0 Å². The van der Waals surface area contributed by atoms with Crippen molar-refractivity contribution in [2.45, 2.75) is 19.8 Å². The first-order chi connectivity index (χ1) is 8.24. The van der Waals surface area contributed by atoms with Gasteiger partial charge in [-0.15, -0.1) is 0 Å². The van der Waals surface area contributed by atoms with Crippen molar-refractivity contribution in [2.24, 2.45) is 4.99 Å². The molecule has 17 heavy (non-hydrogen) atoms. The van der Waals surface area contributed by atoms with E-state index in [-0.39, 0.29) is 0 Å². The Hall–Kier alpha value is -0.810. The van der Waals surface area contributed by atoms with Crippen LogP contribution in [0, 0.1) is 0 Å². The molecule has 102 valence electrons. The number of nitrogens with one attached hydrogen (secondary N) is 2. The summed E-state index contributed by atoms with van der Waals surface area (Å²) in [5, 5.41) is 6.54. The number of likely N-dealkylation sites (N-methyl/N-ethyl adjacent to an activating group) is 1. The highest BCUT2D eigenvalue weighted by molar-refractivity contribution is 5.79. The number of aliphatic imine (C=N–C) groups is 1. The third-order valence-electron chi connectivity index (χ3n) is 2.45. The van der Waals surface area contributed by atoms with Crippen molar-refractivity contribution in [3.05, 3.63) is 0 Å². The average molecular weight is 244 g/mol. The van der Waals surface area contributed by atoms with Crippen LogP contribution in [0.15, 0.2) is 4.99 Å². The van der Waals surface area contributed by atoms with E-state index in [1.165, 1.54) is 0 Å². The number of methoxy groups -OCH3 is 1. The van der Waals surface area contributed by atoms with Crippen LogP contribution in [-0.2, 0) is 4.74 Å². The van der Waals surface area contributed by atoms with Crippen LogP contribution in [0.25, 0.3) is 0 Å². The SMILES string of the molecule is CCCNC(=NC)NCCCN(C)CCOC. The quantitative estimate of drug-likeness (QED) is 0.353. The molecule has 0 aromatic rings. The molecule has 0 bridgehead atoms. The largest absolute Gasteiger partial charge is 0.383 e. The molecule has 2 N–H and O–H groups in total. The van der Waals surface area contributed by atoms with Crippen molar-refractivity contribution in [3.63, 3.8) is 0 Å². The zero-order chi connectivity index (χ0) is 12.9. The highest BCUT2D eigenvalue weighted by Crippen LogP contribution is 1.86. The number of hydrogen-bond acceptors (Lipinski definition) is 3. The standard InChI is InChI=1S/C12H28N4O/c1-5-7-14-12(13-2)15-8-6-9-16(3)10-11-17-4/h5-11H2,1-4H3,(H2,13,14,15). The molecule has 0 aliphatic carbocycles. The van der Waals surface area contributed by atoms with E-state index in [9.17, 15) is 0 Å². The van der Waals surface area contributed by atoms with Gasteiger partial charge in [0.1, 0.15) is 0 Å². The van der Waals surface area contributed by atoms with E-state index in [1.54, 1.807) is 14.2 Å². The van der Waals surface area contributed by atoms with Gasteiger partial charge in [0.2, 0.25) is 0 Å². The summed E-state index contributed by atoms with van der Waals surface area (Å²) in [6.07, 6.45) is 2.22. The van der Waals surface area contributed by atoms with E-state index in [1.807, 2.05) is 0 Å². The Morgan fingerprint density at radius 1 is 1.24 bits per heavy atom. The lowest BCUT2D eigenvalue weighted by Gasteiger charge is -2.16. The summed E-state index contributed by atoms with van der Waals surface area (Å²) in [4.78, 5) is 6.42. The number of guanidine groups is 1. The molecule has 0 atom stereocenters. The summed E-state index contributed by atoms with van der Waals surface area (Å²) in [5.74, 6) is 0.895. The van der Waals surface area contributed by atoms with E-state index in [4.69, 9.17) is 4.74 Å². The smallest absolute Gasteiger partial charge is 0.190 e. The van der Waals surface area contributed by atoms with Gasteiger partial charge in [-0.05, 0) is 26.4 Å². The van der Waals surface area contributed by atoms with Gasteiger partial charge in [-0.3, -0.25) is 4.99 Å². The minimum atomic E-state index is 0.795. The summed E-state index contributed by atoms with van der Waals surface area (Å²) in [5.41, 5.74) is 0. The van der Waals surface area contributed by atoms with Gasteiger partial charge in [-0.25, -0.2) is 0 Å². The lowest BCUT2D eigenvalue weighted by molar-refractivity contribution is 0.161. The molecule has 0 saturated heterocycles. The van der Waals surface area contributed by atoms with E-state index < -0.39 is 0 Å². The average Bonchev–Trinajstić information content (AvgIpc) is 2.35. The Morgan fingerprint density at radius 2 is 1.94 bits per heavy atom. The van der Waals surface area contributed by atoms with Crippen LogP contribution in [0.5, 0.6) is 0 Å². The number of hydrogen-bond donors (Lipinski definition) is 2.